The molecule has 1 aromatic carbocycles. The molecule has 0 fully saturated rings. The van der Waals surface area contributed by atoms with Gasteiger partial charge in [-0.3, -0.25) is 4.79 Å². The van der Waals surface area contributed by atoms with Crippen molar-refractivity contribution >= 4 is 11.6 Å². The number of amides is 1. The lowest BCUT2D eigenvalue weighted by atomic mass is 10.1. The molecule has 1 rings (SSSR count). The van der Waals surface area contributed by atoms with Crippen LogP contribution in [0.5, 0.6) is 0 Å². The van der Waals surface area contributed by atoms with Crippen molar-refractivity contribution in [1.82, 2.24) is 5.32 Å². The quantitative estimate of drug-likeness (QED) is 0.706. The number of hydrogen-bond acceptors (Lipinski definition) is 3. The number of hydrogen-bond donors (Lipinski definition) is 3. The van der Waals surface area contributed by atoms with Crippen molar-refractivity contribution in [3.05, 3.63) is 29.8 Å². The lowest BCUT2D eigenvalue weighted by molar-refractivity contribution is -0.118. The van der Waals surface area contributed by atoms with Crippen molar-refractivity contribution in [2.24, 2.45) is 0 Å². The van der Waals surface area contributed by atoms with Gasteiger partial charge in [0.15, 0.2) is 0 Å². The summed E-state index contributed by atoms with van der Waals surface area (Å²) in [5, 5.41) is 15.0. The second kappa shape index (κ2) is 7.92. The highest BCUT2D eigenvalue weighted by atomic mass is 16.3. The zero-order valence-corrected chi connectivity index (χ0v) is 11.9. The molecule has 0 aromatic heterocycles. The van der Waals surface area contributed by atoms with E-state index >= 15 is 0 Å². The van der Waals surface area contributed by atoms with Gasteiger partial charge in [0.25, 0.3) is 0 Å². The first-order chi connectivity index (χ1) is 9.06. The summed E-state index contributed by atoms with van der Waals surface area (Å²) < 4.78 is 0. The molecule has 4 nitrogen and oxygen atoms in total. The molecule has 19 heavy (non-hydrogen) atoms. The van der Waals surface area contributed by atoms with Crippen LogP contribution < -0.4 is 10.6 Å². The van der Waals surface area contributed by atoms with Crippen LogP contribution in [0.25, 0.3) is 0 Å². The molecule has 2 unspecified atom stereocenters. The molecule has 1 amide bonds. The molecule has 0 aliphatic heterocycles. The average Bonchev–Trinajstić information content (AvgIpc) is 2.40. The van der Waals surface area contributed by atoms with Gasteiger partial charge in [0.05, 0.1) is 6.04 Å². The molecule has 0 heterocycles. The summed E-state index contributed by atoms with van der Waals surface area (Å²) in [6, 6.07) is 7.61. The lowest BCUT2D eigenvalue weighted by Gasteiger charge is -2.21. The number of carbonyl (C=O) groups excluding carboxylic acids is 1. The van der Waals surface area contributed by atoms with E-state index in [9.17, 15) is 4.79 Å². The number of anilines is 1. The summed E-state index contributed by atoms with van der Waals surface area (Å²) in [6.07, 6.45) is 1.56. The first-order valence-electron chi connectivity index (χ1n) is 6.81. The van der Waals surface area contributed by atoms with E-state index in [-0.39, 0.29) is 24.6 Å². The number of aliphatic hydroxyl groups is 1. The maximum absolute atomic E-state index is 12.0. The van der Waals surface area contributed by atoms with Crippen LogP contribution in [0.4, 0.5) is 5.69 Å². The van der Waals surface area contributed by atoms with Crippen molar-refractivity contribution < 1.29 is 9.90 Å². The summed E-state index contributed by atoms with van der Waals surface area (Å²) in [7, 11) is 0. The smallest absolute Gasteiger partial charge is 0.241 e. The summed E-state index contributed by atoms with van der Waals surface area (Å²) in [5.41, 5.74) is 1.97. The van der Waals surface area contributed by atoms with Crippen LogP contribution in [0.1, 0.15) is 32.3 Å². The molecule has 1 aromatic rings. The van der Waals surface area contributed by atoms with E-state index < -0.39 is 0 Å². The molecular formula is C15H24N2O2. The van der Waals surface area contributed by atoms with E-state index in [0.717, 1.165) is 17.7 Å². The van der Waals surface area contributed by atoms with Crippen molar-refractivity contribution in [3.63, 3.8) is 0 Å². The Morgan fingerprint density at radius 3 is 2.47 bits per heavy atom. The number of aryl methyl sites for hydroxylation is 1. The van der Waals surface area contributed by atoms with E-state index in [1.807, 2.05) is 45.0 Å². The van der Waals surface area contributed by atoms with E-state index in [1.54, 1.807) is 0 Å². The second-order valence-corrected chi connectivity index (χ2v) is 4.86. The maximum Gasteiger partial charge on any atom is 0.241 e. The van der Waals surface area contributed by atoms with Gasteiger partial charge < -0.3 is 15.7 Å². The Morgan fingerprint density at radius 2 is 1.95 bits per heavy atom. The van der Waals surface area contributed by atoms with Crippen LogP contribution in [-0.2, 0) is 4.79 Å². The van der Waals surface area contributed by atoms with Crippen LogP contribution in [0.2, 0.25) is 0 Å². The van der Waals surface area contributed by atoms with E-state index in [2.05, 4.69) is 10.6 Å². The molecular weight excluding hydrogens is 240 g/mol. The number of benzene rings is 1. The van der Waals surface area contributed by atoms with Crippen molar-refractivity contribution in [2.75, 3.05) is 11.9 Å². The van der Waals surface area contributed by atoms with Crippen molar-refractivity contribution in [1.29, 1.82) is 0 Å². The Hall–Kier alpha value is -1.39. The molecule has 4 heteroatoms. The van der Waals surface area contributed by atoms with Crippen LogP contribution in [-0.4, -0.2) is 29.7 Å². The fourth-order valence-electron chi connectivity index (χ4n) is 1.88. The predicted octanol–water partition coefficient (Wildman–Crippen LogP) is 2.07. The van der Waals surface area contributed by atoms with Crippen LogP contribution in [0, 0.1) is 6.92 Å². The second-order valence-electron chi connectivity index (χ2n) is 4.86. The third-order valence-electron chi connectivity index (χ3n) is 3.17. The fraction of sp³-hybridized carbons (Fsp3) is 0.533. The predicted molar refractivity (Wildman–Crippen MR) is 78.2 cm³/mol. The normalized spacial score (nSPS) is 13.9. The minimum absolute atomic E-state index is 0.0553. The van der Waals surface area contributed by atoms with Gasteiger partial charge >= 0.3 is 0 Å². The molecule has 0 saturated heterocycles. The maximum atomic E-state index is 12.0. The van der Waals surface area contributed by atoms with Crippen LogP contribution >= 0.6 is 0 Å². The highest BCUT2D eigenvalue weighted by Gasteiger charge is 2.16. The lowest BCUT2D eigenvalue weighted by Crippen LogP contribution is -2.44. The molecule has 106 valence electrons. The highest BCUT2D eigenvalue weighted by molar-refractivity contribution is 5.94. The molecule has 0 aliphatic rings. The first kappa shape index (κ1) is 15.7. The van der Waals surface area contributed by atoms with Crippen LogP contribution in [0.15, 0.2) is 24.3 Å². The number of rotatable bonds is 7. The monoisotopic (exact) mass is 264 g/mol. The Kier molecular flexibility index (Phi) is 6.53. The van der Waals surface area contributed by atoms with Gasteiger partial charge in [-0.1, -0.05) is 24.6 Å². The van der Waals surface area contributed by atoms with Gasteiger partial charge in [-0.2, -0.15) is 0 Å². The van der Waals surface area contributed by atoms with Gasteiger partial charge in [-0.25, -0.2) is 0 Å². The molecule has 0 spiro atoms. The van der Waals surface area contributed by atoms with Gasteiger partial charge in [-0.05, 0) is 38.8 Å². The fourth-order valence-corrected chi connectivity index (χ4v) is 1.88. The largest absolute Gasteiger partial charge is 0.396 e. The Bertz CT molecular complexity index is 390. The zero-order valence-electron chi connectivity index (χ0n) is 11.9. The summed E-state index contributed by atoms with van der Waals surface area (Å²) >= 11 is 0. The third kappa shape index (κ3) is 5.41. The van der Waals surface area contributed by atoms with E-state index in [0.29, 0.717) is 6.42 Å². The van der Waals surface area contributed by atoms with E-state index in [1.165, 1.54) is 0 Å². The third-order valence-corrected chi connectivity index (χ3v) is 3.17. The summed E-state index contributed by atoms with van der Waals surface area (Å²) in [6.45, 7) is 6.02. The Labute approximate surface area is 115 Å². The molecule has 0 aliphatic carbocycles. The minimum Gasteiger partial charge on any atom is -0.396 e. The minimum atomic E-state index is -0.280. The van der Waals surface area contributed by atoms with Gasteiger partial charge in [0.2, 0.25) is 5.91 Å². The van der Waals surface area contributed by atoms with Gasteiger partial charge in [0.1, 0.15) is 0 Å². The average molecular weight is 264 g/mol. The zero-order chi connectivity index (χ0) is 14.3. The van der Waals surface area contributed by atoms with Gasteiger partial charge in [-0.15, -0.1) is 0 Å². The Balaban J connectivity index is 2.50. The summed E-state index contributed by atoms with van der Waals surface area (Å²) in [4.78, 5) is 12.0. The first-order valence-corrected chi connectivity index (χ1v) is 6.81. The highest BCUT2D eigenvalue weighted by Crippen LogP contribution is 2.09. The van der Waals surface area contributed by atoms with E-state index in [4.69, 9.17) is 5.11 Å². The number of aliphatic hydroxyl groups excluding tert-OH is 1. The molecule has 2 atom stereocenters. The van der Waals surface area contributed by atoms with Crippen LogP contribution in [0.3, 0.4) is 0 Å². The SMILES string of the molecule is CCC(CCO)NC(C)C(=O)Nc1ccc(C)cc1. The van der Waals surface area contributed by atoms with Gasteiger partial charge in [0, 0.05) is 18.3 Å². The topological polar surface area (TPSA) is 61.4 Å². The standard InChI is InChI=1S/C15H24N2O2/c1-4-13(9-10-18)16-12(3)15(19)17-14-7-5-11(2)6-8-14/h5-8,12-13,16,18H,4,9-10H2,1-3H3,(H,17,19). The number of carbonyl (C=O) groups is 1. The molecule has 0 radical (unpaired) electrons. The van der Waals surface area contributed by atoms with Crippen molar-refractivity contribution in [2.45, 2.75) is 45.7 Å². The number of nitrogens with one attached hydrogen (secondary N) is 2. The molecule has 0 saturated carbocycles. The molecule has 3 N–H and O–H groups in total. The molecule has 0 bridgehead atoms. The van der Waals surface area contributed by atoms with Crippen molar-refractivity contribution in [3.8, 4) is 0 Å². The summed E-state index contributed by atoms with van der Waals surface area (Å²) in [5.74, 6) is -0.0553. The Morgan fingerprint density at radius 1 is 1.32 bits per heavy atom.